The Labute approximate surface area is 248 Å². The molecular weight excluding hydrogens is 560 g/mol. The molecular formula is C32H39ClN2O5S. The van der Waals surface area contributed by atoms with E-state index in [4.69, 9.17) is 21.1 Å². The van der Waals surface area contributed by atoms with Crippen molar-refractivity contribution in [1.29, 1.82) is 0 Å². The van der Waals surface area contributed by atoms with Gasteiger partial charge in [-0.2, -0.15) is 0 Å². The molecule has 0 radical (unpaired) electrons. The molecule has 2 aromatic rings. The number of sulfonamides is 1. The predicted octanol–water partition coefficient (Wildman–Crippen LogP) is 5.65. The number of anilines is 1. The zero-order valence-electron chi connectivity index (χ0n) is 23.8. The molecule has 220 valence electrons. The van der Waals surface area contributed by atoms with Crippen LogP contribution in [0.4, 0.5) is 5.69 Å². The van der Waals surface area contributed by atoms with Crippen LogP contribution in [-0.4, -0.2) is 47.2 Å². The summed E-state index contributed by atoms with van der Waals surface area (Å²) in [5.74, 6) is 0.500. The number of carbonyl (C=O) groups is 1. The number of carbonyl (C=O) groups excluding carboxylic acids is 1. The number of aryl methyl sites for hydroxylation is 1. The lowest BCUT2D eigenvalue weighted by Gasteiger charge is -2.46. The van der Waals surface area contributed by atoms with Crippen LogP contribution in [-0.2, 0) is 31.4 Å². The lowest BCUT2D eigenvalue weighted by Crippen LogP contribution is -2.49. The van der Waals surface area contributed by atoms with Gasteiger partial charge >= 0.3 is 0 Å². The van der Waals surface area contributed by atoms with Gasteiger partial charge in [-0.25, -0.2) is 13.1 Å². The van der Waals surface area contributed by atoms with Gasteiger partial charge in [-0.15, -0.1) is 0 Å². The maximum atomic E-state index is 13.4. The zero-order chi connectivity index (χ0) is 28.8. The van der Waals surface area contributed by atoms with Crippen LogP contribution < -0.4 is 14.4 Å². The van der Waals surface area contributed by atoms with Gasteiger partial charge in [0.15, 0.2) is 0 Å². The van der Waals surface area contributed by atoms with Gasteiger partial charge in [0.2, 0.25) is 5.91 Å². The zero-order valence-corrected chi connectivity index (χ0v) is 25.3. The highest BCUT2D eigenvalue weighted by atomic mass is 35.5. The number of amides is 1. The highest BCUT2D eigenvalue weighted by Crippen LogP contribution is 2.47. The van der Waals surface area contributed by atoms with Crippen LogP contribution in [0.2, 0.25) is 5.02 Å². The number of hydrogen-bond acceptors (Lipinski definition) is 6. The Hall–Kier alpha value is -2.55. The third-order valence-corrected chi connectivity index (χ3v) is 11.3. The lowest BCUT2D eigenvalue weighted by atomic mass is 9.68. The standard InChI is InChI=1S/C32H39ClN2O5S/c1-21-6-3-4-8-29(39-2)26-12-9-23(26)18-35-19-32(15-5-7-22-16-24(33)10-13-27(22)32)20-40-30-14-11-25(17-28(30)35)41(37,38)34-31(21)36/h4,8,10-11,13-14,16-17,21,23,26,29H,3,5-7,9,12,15,18-20H2,1-2H3,(H,34,36)/b8-4-/t21-,23+,26-,29-,32+/m1/s1. The summed E-state index contributed by atoms with van der Waals surface area (Å²) in [5, 5.41) is 0.742. The minimum Gasteiger partial charge on any atom is -0.490 e. The fourth-order valence-electron chi connectivity index (χ4n) is 7.19. The summed E-state index contributed by atoms with van der Waals surface area (Å²) in [6, 6.07) is 11.2. The van der Waals surface area contributed by atoms with Crippen molar-refractivity contribution in [3.63, 3.8) is 0 Å². The number of nitrogens with one attached hydrogen (secondary N) is 1. The Bertz CT molecular complexity index is 1460. The minimum absolute atomic E-state index is 0.00621. The van der Waals surface area contributed by atoms with Gasteiger partial charge in [0.25, 0.3) is 10.0 Å². The van der Waals surface area contributed by atoms with E-state index in [1.54, 1.807) is 32.2 Å². The SMILES string of the molecule is CO[C@@H]1/C=C\CC[C@@H](C)C(=O)NS(=O)(=O)c2ccc3c(c2)N(C[C@@H]2CC[C@H]21)C[C@@]1(CCCc2cc(Cl)ccc21)CO3. The number of methoxy groups -OCH3 is 1. The van der Waals surface area contributed by atoms with E-state index in [0.29, 0.717) is 43.6 Å². The molecule has 2 bridgehead atoms. The molecule has 0 unspecified atom stereocenters. The summed E-state index contributed by atoms with van der Waals surface area (Å²) in [4.78, 5) is 15.3. The summed E-state index contributed by atoms with van der Waals surface area (Å²) in [5.41, 5.74) is 3.04. The first-order valence-electron chi connectivity index (χ1n) is 14.8. The van der Waals surface area contributed by atoms with E-state index in [1.807, 2.05) is 6.07 Å². The predicted molar refractivity (Wildman–Crippen MR) is 160 cm³/mol. The molecule has 1 amide bonds. The summed E-state index contributed by atoms with van der Waals surface area (Å²) in [6.45, 7) is 3.74. The molecule has 6 rings (SSSR count). The van der Waals surface area contributed by atoms with Crippen LogP contribution >= 0.6 is 11.6 Å². The molecule has 7 nitrogen and oxygen atoms in total. The summed E-state index contributed by atoms with van der Waals surface area (Å²) >= 11 is 6.39. The Morgan fingerprint density at radius 1 is 1.15 bits per heavy atom. The number of halogens is 1. The van der Waals surface area contributed by atoms with Gasteiger partial charge in [-0.3, -0.25) is 4.79 Å². The quantitative estimate of drug-likeness (QED) is 0.427. The van der Waals surface area contributed by atoms with E-state index in [0.717, 1.165) is 49.4 Å². The normalized spacial score (nSPS) is 32.0. The first kappa shape index (κ1) is 28.6. The second kappa shape index (κ2) is 11.3. The molecule has 0 saturated heterocycles. The topological polar surface area (TPSA) is 84.9 Å². The Balaban J connectivity index is 1.44. The monoisotopic (exact) mass is 598 g/mol. The molecule has 0 aromatic heterocycles. The van der Waals surface area contributed by atoms with Crippen LogP contribution in [0, 0.1) is 17.8 Å². The molecule has 5 atom stereocenters. The van der Waals surface area contributed by atoms with Crippen LogP contribution in [0.3, 0.4) is 0 Å². The maximum Gasteiger partial charge on any atom is 0.264 e. The third kappa shape index (κ3) is 5.51. The first-order chi connectivity index (χ1) is 19.7. The summed E-state index contributed by atoms with van der Waals surface area (Å²) in [7, 11) is -2.28. The Morgan fingerprint density at radius 2 is 2.00 bits per heavy atom. The van der Waals surface area contributed by atoms with Crippen molar-refractivity contribution in [2.75, 3.05) is 31.7 Å². The number of fused-ring (bicyclic) bond motifs is 4. The third-order valence-electron chi connectivity index (χ3n) is 9.72. The Morgan fingerprint density at radius 3 is 2.78 bits per heavy atom. The fourth-order valence-corrected chi connectivity index (χ4v) is 8.49. The number of hydrogen-bond donors (Lipinski definition) is 1. The van der Waals surface area contributed by atoms with E-state index in [9.17, 15) is 13.2 Å². The smallest absolute Gasteiger partial charge is 0.264 e. The Kier molecular flexibility index (Phi) is 7.85. The van der Waals surface area contributed by atoms with Gasteiger partial charge in [0.1, 0.15) is 5.75 Å². The number of nitrogens with zero attached hydrogens (tertiary/aromatic N) is 1. The lowest BCUT2D eigenvalue weighted by molar-refractivity contribution is -0.122. The molecule has 2 heterocycles. The van der Waals surface area contributed by atoms with Crippen molar-refractivity contribution in [3.05, 3.63) is 64.7 Å². The van der Waals surface area contributed by atoms with Crippen molar-refractivity contribution < 1.29 is 22.7 Å². The van der Waals surface area contributed by atoms with Gasteiger partial charge in [-0.05, 0) is 98.2 Å². The van der Waals surface area contributed by atoms with Crippen molar-refractivity contribution in [1.82, 2.24) is 4.72 Å². The van der Waals surface area contributed by atoms with E-state index in [-0.39, 0.29) is 16.4 Å². The van der Waals surface area contributed by atoms with Crippen molar-refractivity contribution in [3.8, 4) is 5.75 Å². The molecule has 41 heavy (non-hydrogen) atoms. The van der Waals surface area contributed by atoms with Gasteiger partial charge in [0, 0.05) is 36.6 Å². The van der Waals surface area contributed by atoms with E-state index >= 15 is 0 Å². The second-order valence-corrected chi connectivity index (χ2v) is 14.4. The average Bonchev–Trinajstić information content (AvgIpc) is 3.08. The number of allylic oxidation sites excluding steroid dienone is 1. The minimum atomic E-state index is -4.05. The molecule has 1 N–H and O–H groups in total. The van der Waals surface area contributed by atoms with Crippen molar-refractivity contribution in [2.45, 2.75) is 68.3 Å². The molecule has 2 aromatic carbocycles. The van der Waals surface area contributed by atoms with Gasteiger partial charge < -0.3 is 14.4 Å². The largest absolute Gasteiger partial charge is 0.490 e. The van der Waals surface area contributed by atoms with Gasteiger partial charge in [0.05, 0.1) is 23.3 Å². The van der Waals surface area contributed by atoms with E-state index in [2.05, 4.69) is 33.9 Å². The summed E-state index contributed by atoms with van der Waals surface area (Å²) < 4.78 is 41.6. The summed E-state index contributed by atoms with van der Waals surface area (Å²) in [6.07, 6.45) is 10.6. The highest BCUT2D eigenvalue weighted by molar-refractivity contribution is 7.90. The molecule has 1 spiro atoms. The van der Waals surface area contributed by atoms with Crippen LogP contribution in [0.1, 0.15) is 56.6 Å². The molecule has 1 fully saturated rings. The van der Waals surface area contributed by atoms with E-state index < -0.39 is 21.8 Å². The number of ether oxygens (including phenoxy) is 2. The second-order valence-electron chi connectivity index (χ2n) is 12.3. The van der Waals surface area contributed by atoms with Crippen LogP contribution in [0.25, 0.3) is 0 Å². The molecule has 9 heteroatoms. The fraction of sp³-hybridized carbons (Fsp3) is 0.531. The van der Waals surface area contributed by atoms with Crippen LogP contribution in [0.5, 0.6) is 5.75 Å². The number of benzene rings is 2. The molecule has 1 saturated carbocycles. The highest BCUT2D eigenvalue weighted by Gasteiger charge is 2.44. The van der Waals surface area contributed by atoms with Crippen molar-refractivity contribution >= 4 is 33.2 Å². The van der Waals surface area contributed by atoms with Crippen LogP contribution in [0.15, 0.2) is 53.4 Å². The van der Waals surface area contributed by atoms with Crippen molar-refractivity contribution in [2.24, 2.45) is 17.8 Å². The molecule has 4 aliphatic rings. The van der Waals surface area contributed by atoms with Gasteiger partial charge in [-0.1, -0.05) is 36.7 Å². The maximum absolute atomic E-state index is 13.4. The first-order valence-corrected chi connectivity index (χ1v) is 16.6. The number of rotatable bonds is 1. The van der Waals surface area contributed by atoms with E-state index in [1.165, 1.54) is 11.1 Å². The average molecular weight is 599 g/mol. The molecule has 2 aliphatic carbocycles. The molecule has 2 aliphatic heterocycles.